The van der Waals surface area contributed by atoms with Crippen molar-refractivity contribution in [2.24, 2.45) is 5.16 Å². The van der Waals surface area contributed by atoms with E-state index in [2.05, 4.69) is 58.4 Å². The van der Waals surface area contributed by atoms with Crippen molar-refractivity contribution in [3.8, 4) is 0 Å². The number of oxime groups is 1. The standard InChI is InChI=1S/C26H30N4O3S/c1-20-5-3-4-6-24(20)25(19-26(28-31)22-11-13-27-14-12-22)21-7-9-23(10-8-21)29-15-17-30(18-16-29)34(2,32)33/h3-14,25,31H,15-19H2,1-2H3/b28-26+. The second-order valence-electron chi connectivity index (χ2n) is 8.64. The molecule has 3 aromatic rings. The van der Waals surface area contributed by atoms with Gasteiger partial charge < -0.3 is 10.1 Å². The Labute approximate surface area is 201 Å². The first-order chi connectivity index (χ1) is 16.4. The van der Waals surface area contributed by atoms with Crippen LogP contribution in [-0.2, 0) is 10.0 Å². The van der Waals surface area contributed by atoms with Gasteiger partial charge in [-0.1, -0.05) is 41.6 Å². The van der Waals surface area contributed by atoms with Crippen molar-refractivity contribution in [3.63, 3.8) is 0 Å². The first-order valence-corrected chi connectivity index (χ1v) is 13.2. The quantitative estimate of drug-likeness (QED) is 0.317. The van der Waals surface area contributed by atoms with E-state index in [9.17, 15) is 13.6 Å². The fraction of sp³-hybridized carbons (Fsp3) is 0.308. The van der Waals surface area contributed by atoms with Crippen LogP contribution in [0.5, 0.6) is 0 Å². The third kappa shape index (κ3) is 5.46. The minimum Gasteiger partial charge on any atom is -0.411 e. The Morgan fingerprint density at radius 3 is 2.24 bits per heavy atom. The van der Waals surface area contributed by atoms with Gasteiger partial charge in [0.15, 0.2) is 0 Å². The lowest BCUT2D eigenvalue weighted by Gasteiger charge is -2.35. The Morgan fingerprint density at radius 1 is 1.00 bits per heavy atom. The number of benzene rings is 2. The molecule has 1 aliphatic rings. The second kappa shape index (κ2) is 10.4. The van der Waals surface area contributed by atoms with Crippen molar-refractivity contribution in [3.05, 3.63) is 95.3 Å². The number of sulfonamides is 1. The van der Waals surface area contributed by atoms with E-state index in [1.165, 1.54) is 21.7 Å². The zero-order chi connectivity index (χ0) is 24.1. The zero-order valence-corrected chi connectivity index (χ0v) is 20.3. The van der Waals surface area contributed by atoms with E-state index in [1.807, 2.05) is 24.3 Å². The van der Waals surface area contributed by atoms with E-state index < -0.39 is 10.0 Å². The molecule has 1 fully saturated rings. The Hall–Kier alpha value is -3.23. The van der Waals surface area contributed by atoms with Crippen molar-refractivity contribution >= 4 is 21.4 Å². The van der Waals surface area contributed by atoms with E-state index >= 15 is 0 Å². The average molecular weight is 479 g/mol. The lowest BCUT2D eigenvalue weighted by atomic mass is 9.83. The monoisotopic (exact) mass is 478 g/mol. The Kier molecular flexibility index (Phi) is 7.29. The van der Waals surface area contributed by atoms with Gasteiger partial charge in [0.05, 0.1) is 12.0 Å². The number of anilines is 1. The molecule has 2 heterocycles. The maximum atomic E-state index is 11.8. The van der Waals surface area contributed by atoms with Crippen molar-refractivity contribution in [2.45, 2.75) is 19.3 Å². The van der Waals surface area contributed by atoms with Crippen LogP contribution in [0.15, 0.2) is 78.2 Å². The van der Waals surface area contributed by atoms with Crippen LogP contribution in [0.2, 0.25) is 0 Å². The highest BCUT2D eigenvalue weighted by Crippen LogP contribution is 2.33. The molecule has 1 aliphatic heterocycles. The largest absolute Gasteiger partial charge is 0.411 e. The van der Waals surface area contributed by atoms with E-state index in [4.69, 9.17) is 0 Å². The van der Waals surface area contributed by atoms with E-state index in [0.717, 1.165) is 16.8 Å². The summed E-state index contributed by atoms with van der Waals surface area (Å²) < 4.78 is 25.1. The van der Waals surface area contributed by atoms with Crippen LogP contribution in [0.1, 0.15) is 34.6 Å². The van der Waals surface area contributed by atoms with E-state index in [0.29, 0.717) is 38.3 Å². The number of hydrogen-bond acceptors (Lipinski definition) is 6. The molecule has 0 aliphatic carbocycles. The fourth-order valence-corrected chi connectivity index (χ4v) is 5.36. The van der Waals surface area contributed by atoms with Gasteiger partial charge in [-0.05, 0) is 47.9 Å². The predicted molar refractivity (Wildman–Crippen MR) is 135 cm³/mol. The van der Waals surface area contributed by atoms with Gasteiger partial charge in [-0.2, -0.15) is 4.31 Å². The molecule has 4 rings (SSSR count). The number of rotatable bonds is 7. The van der Waals surface area contributed by atoms with Gasteiger partial charge in [-0.15, -0.1) is 0 Å². The Bertz CT molecular complexity index is 1240. The van der Waals surface area contributed by atoms with Gasteiger partial charge in [0.25, 0.3) is 0 Å². The summed E-state index contributed by atoms with van der Waals surface area (Å²) in [4.78, 5) is 6.28. The minimum atomic E-state index is -3.15. The van der Waals surface area contributed by atoms with Crippen LogP contribution >= 0.6 is 0 Å². The number of hydrogen-bond donors (Lipinski definition) is 1. The molecular formula is C26H30N4O3S. The maximum Gasteiger partial charge on any atom is 0.211 e. The Morgan fingerprint density at radius 2 is 1.65 bits per heavy atom. The highest BCUT2D eigenvalue weighted by Gasteiger charge is 2.24. The van der Waals surface area contributed by atoms with E-state index in [1.54, 1.807) is 12.4 Å². The van der Waals surface area contributed by atoms with Crippen molar-refractivity contribution < 1.29 is 13.6 Å². The molecular weight excluding hydrogens is 448 g/mol. The number of aryl methyl sites for hydroxylation is 1. The molecule has 178 valence electrons. The molecule has 34 heavy (non-hydrogen) atoms. The highest BCUT2D eigenvalue weighted by molar-refractivity contribution is 7.88. The van der Waals surface area contributed by atoms with Crippen LogP contribution in [0.3, 0.4) is 0 Å². The summed E-state index contributed by atoms with van der Waals surface area (Å²) in [5, 5.41) is 13.4. The summed E-state index contributed by atoms with van der Waals surface area (Å²) in [6.07, 6.45) is 5.19. The molecule has 0 amide bonds. The molecule has 0 spiro atoms. The third-order valence-corrected chi connectivity index (χ3v) is 7.77. The first-order valence-electron chi connectivity index (χ1n) is 11.3. The average Bonchev–Trinajstić information content (AvgIpc) is 2.86. The van der Waals surface area contributed by atoms with Gasteiger partial charge in [0.2, 0.25) is 10.0 Å². The smallest absolute Gasteiger partial charge is 0.211 e. The van der Waals surface area contributed by atoms with Gasteiger partial charge in [0, 0.05) is 62.2 Å². The van der Waals surface area contributed by atoms with Gasteiger partial charge in [-0.25, -0.2) is 8.42 Å². The molecule has 1 atom stereocenters. The summed E-state index contributed by atoms with van der Waals surface area (Å²) in [5.41, 5.74) is 6.02. The van der Waals surface area contributed by atoms with Crippen LogP contribution in [-0.4, -0.2) is 61.1 Å². The summed E-state index contributed by atoms with van der Waals surface area (Å²) in [7, 11) is -3.15. The summed E-state index contributed by atoms with van der Waals surface area (Å²) in [6.45, 7) is 4.41. The lowest BCUT2D eigenvalue weighted by molar-refractivity contribution is 0.317. The lowest BCUT2D eigenvalue weighted by Crippen LogP contribution is -2.48. The molecule has 2 aromatic carbocycles. The molecule has 1 unspecified atom stereocenters. The van der Waals surface area contributed by atoms with Crippen LogP contribution in [0.25, 0.3) is 0 Å². The van der Waals surface area contributed by atoms with Crippen molar-refractivity contribution in [2.75, 3.05) is 37.3 Å². The molecule has 0 saturated carbocycles. The topological polar surface area (TPSA) is 86.1 Å². The highest BCUT2D eigenvalue weighted by atomic mass is 32.2. The first kappa shape index (κ1) is 23.9. The molecule has 7 nitrogen and oxygen atoms in total. The van der Waals surface area contributed by atoms with Crippen LogP contribution in [0.4, 0.5) is 5.69 Å². The summed E-state index contributed by atoms with van der Waals surface area (Å²) >= 11 is 0. The van der Waals surface area contributed by atoms with Crippen molar-refractivity contribution in [1.29, 1.82) is 0 Å². The van der Waals surface area contributed by atoms with Gasteiger partial charge >= 0.3 is 0 Å². The fourth-order valence-electron chi connectivity index (χ4n) is 4.53. The predicted octanol–water partition coefficient (Wildman–Crippen LogP) is 3.87. The molecule has 1 saturated heterocycles. The minimum absolute atomic E-state index is 0.0106. The maximum absolute atomic E-state index is 11.8. The summed E-state index contributed by atoms with van der Waals surface area (Å²) in [6, 6.07) is 20.4. The molecule has 0 radical (unpaired) electrons. The zero-order valence-electron chi connectivity index (χ0n) is 19.5. The SMILES string of the molecule is Cc1ccccc1C(C/C(=N\O)c1ccncc1)c1ccc(N2CCN(S(C)(=O)=O)CC2)cc1. The number of pyridine rings is 1. The second-order valence-corrected chi connectivity index (χ2v) is 10.6. The third-order valence-electron chi connectivity index (χ3n) is 6.46. The van der Waals surface area contributed by atoms with Crippen molar-refractivity contribution in [1.82, 2.24) is 9.29 Å². The number of nitrogens with zero attached hydrogens (tertiary/aromatic N) is 4. The van der Waals surface area contributed by atoms with Gasteiger partial charge in [0.1, 0.15) is 0 Å². The number of aromatic nitrogens is 1. The molecule has 0 bridgehead atoms. The number of piperazine rings is 1. The molecule has 8 heteroatoms. The molecule has 1 aromatic heterocycles. The van der Waals surface area contributed by atoms with Crippen LogP contribution in [0, 0.1) is 6.92 Å². The van der Waals surface area contributed by atoms with Gasteiger partial charge in [-0.3, -0.25) is 4.98 Å². The Balaban J connectivity index is 1.59. The molecule has 1 N–H and O–H groups in total. The van der Waals surface area contributed by atoms with Crippen LogP contribution < -0.4 is 4.90 Å². The normalized spacial score (nSPS) is 16.4. The van der Waals surface area contributed by atoms with E-state index in [-0.39, 0.29) is 5.92 Å². The summed E-state index contributed by atoms with van der Waals surface area (Å²) in [5.74, 6) is 0.0106.